The molecule has 0 amide bonds. The zero-order valence-electron chi connectivity index (χ0n) is 74.3. The number of nitrogens with one attached hydrogen (secondary N) is 10. The highest BCUT2D eigenvalue weighted by atomic mass is 15.2. The molecule has 0 saturated carbocycles. The van der Waals surface area contributed by atoms with Crippen molar-refractivity contribution in [2.24, 2.45) is 0 Å². The van der Waals surface area contributed by atoms with Crippen LogP contribution in [0.3, 0.4) is 0 Å². The Kier molecular flexibility index (Phi) is 22.9. The minimum Gasteiger partial charge on any atom is -0.382 e. The first-order chi connectivity index (χ1) is 66.3. The van der Waals surface area contributed by atoms with Crippen LogP contribution in [0.4, 0.5) is 11.4 Å². The van der Waals surface area contributed by atoms with Gasteiger partial charge in [-0.05, 0) is 165 Å². The molecule has 135 heavy (non-hydrogen) atoms. The van der Waals surface area contributed by atoms with Crippen molar-refractivity contribution in [3.8, 4) is 135 Å². The zero-order valence-corrected chi connectivity index (χ0v) is 74.3. The smallest absolute Gasteiger partial charge is 0.159 e. The van der Waals surface area contributed by atoms with Crippen LogP contribution in [0.2, 0.25) is 0 Å². The van der Waals surface area contributed by atoms with Crippen molar-refractivity contribution >= 4 is 99.1 Å². The number of imidazole rings is 4. The summed E-state index contributed by atoms with van der Waals surface area (Å²) in [6, 6.07) is 49.6. The van der Waals surface area contributed by atoms with Crippen LogP contribution in [0.1, 0.15) is 31.9 Å². The number of hydrogen-bond donors (Lipinski definition) is 10. The van der Waals surface area contributed by atoms with Gasteiger partial charge in [0.2, 0.25) is 0 Å². The standard InChI is InChI=1S/3C26H22N8.C25H20N8/c1-34(2)15-16-8-19(12-28-10-16)17-5-6-22-20(9-17)25(33-32-22)26-30-23-14-29-13-21(24(23)31-26)18-4-3-7-27-11-18;1-15(2)30-19-8-18(11-28-12-19)16-5-6-22-20(9-16)25(34-33-22)26-31-23-14-29-13-21(24(23)32-26)17-4-3-7-27-10-17;1-2-27-10-16-8-19(13-29-11-16)17-5-6-22-20(9-17)25(34-33-22)26-31-23-15-30-14-21(24(23)32-26)18-4-3-7-28-12-18;1-33(2)18-8-17(11-27-12-18)15-5-6-21-19(9-15)24(32-31-21)25-29-22-14-28-13-20(23(22)30-25)16-4-3-7-26-10-16/h3-14H,15H2,1-2H3,(H,30,31)(H,32,33);3-15,30H,1-2H3,(H,31,32)(H,33,34);3-9,11-15,27H,2,10H2,1H3,(H,31,32)(H,33,34);3-14H,1-2H3,(H,29,30)(H,31,32). The second-order valence-electron chi connectivity index (χ2n) is 33.2. The molecule has 0 saturated heterocycles. The molecule has 0 atom stereocenters. The lowest BCUT2D eigenvalue weighted by Gasteiger charge is -2.13. The summed E-state index contributed by atoms with van der Waals surface area (Å²) in [6.07, 6.45) is 43.7. The van der Waals surface area contributed by atoms with Crippen LogP contribution in [0.15, 0.2) is 294 Å². The summed E-state index contributed by atoms with van der Waals surface area (Å²) in [5.41, 5.74) is 34.0. The van der Waals surface area contributed by atoms with Crippen molar-refractivity contribution in [3.05, 3.63) is 305 Å². The van der Waals surface area contributed by atoms with Gasteiger partial charge in [-0.2, -0.15) is 20.4 Å². The number of pyridine rings is 12. The van der Waals surface area contributed by atoms with E-state index in [1.807, 2.05) is 191 Å². The molecule has 0 aliphatic rings. The fourth-order valence-corrected chi connectivity index (χ4v) is 16.6. The molecule has 0 unspecified atom stereocenters. The summed E-state index contributed by atoms with van der Waals surface area (Å²) < 4.78 is 0. The third-order valence-electron chi connectivity index (χ3n) is 23.1. The fourth-order valence-electron chi connectivity index (χ4n) is 16.6. The molecule has 20 aromatic heterocycles. The first-order valence-corrected chi connectivity index (χ1v) is 43.8. The maximum absolute atomic E-state index is 4.91. The zero-order chi connectivity index (χ0) is 91.4. The average molecular weight is 1770 g/mol. The Morgan fingerprint density at radius 3 is 0.948 bits per heavy atom. The van der Waals surface area contributed by atoms with Crippen molar-refractivity contribution < 1.29 is 0 Å². The molecule has 32 heteroatoms. The summed E-state index contributed by atoms with van der Waals surface area (Å²) in [6.45, 7) is 8.87. The maximum Gasteiger partial charge on any atom is 0.159 e. The summed E-state index contributed by atoms with van der Waals surface area (Å²) in [4.78, 5) is 89.5. The molecule has 0 spiro atoms. The SMILES string of the molecule is CC(C)Nc1cncc(-c2ccc3[nH]nc(-c4nc5c(-c6cccnc6)cncc5[nH]4)c3c2)c1.CCNCc1cncc(-c2ccc3[nH]nc(-c4nc5c(-c6cccnc6)cncc5[nH]4)c3c2)c1.CN(C)Cc1cncc(-c2ccc3[nH]nc(-c4nc5c(-c6cccnc6)cncc5[nH]4)c3c2)c1.CN(C)c1cncc(-c2ccc3[nH]nc(-c4nc5c(-c6cccnc6)cncc5[nH]4)c3c2)c1. The molecule has 4 aromatic carbocycles. The van der Waals surface area contributed by atoms with Crippen molar-refractivity contribution in [2.45, 2.75) is 39.9 Å². The summed E-state index contributed by atoms with van der Waals surface area (Å²) in [5.74, 6) is 2.75. The van der Waals surface area contributed by atoms with Gasteiger partial charge in [-0.15, -0.1) is 0 Å². The van der Waals surface area contributed by atoms with Crippen LogP contribution in [0, 0.1) is 0 Å². The number of H-pyrrole nitrogens is 8. The van der Waals surface area contributed by atoms with Gasteiger partial charge < -0.3 is 40.4 Å². The molecule has 24 aromatic rings. The highest BCUT2D eigenvalue weighted by Crippen LogP contribution is 2.40. The van der Waals surface area contributed by atoms with E-state index in [0.29, 0.717) is 29.3 Å². The Morgan fingerprint density at radius 2 is 0.615 bits per heavy atom. The Labute approximate surface area is 770 Å². The van der Waals surface area contributed by atoms with Crippen LogP contribution in [-0.4, -0.2) is 186 Å². The van der Waals surface area contributed by atoms with Crippen LogP contribution in [0.5, 0.6) is 0 Å². The van der Waals surface area contributed by atoms with Crippen molar-refractivity contribution in [1.29, 1.82) is 0 Å². The minimum absolute atomic E-state index is 0.333. The third kappa shape index (κ3) is 17.4. The molecule has 20 heterocycles. The number of fused-ring (bicyclic) bond motifs is 8. The molecular formula is C103H86N32. The predicted octanol–water partition coefficient (Wildman–Crippen LogP) is 19.6. The fraction of sp³-hybridized carbons (Fsp3) is 0.107. The van der Waals surface area contributed by atoms with Gasteiger partial charge >= 0.3 is 0 Å². The number of benzene rings is 4. The highest BCUT2D eigenvalue weighted by molar-refractivity contribution is 6.03. The van der Waals surface area contributed by atoms with Crippen LogP contribution >= 0.6 is 0 Å². The van der Waals surface area contributed by atoms with Crippen molar-refractivity contribution in [1.82, 2.24) is 151 Å². The van der Waals surface area contributed by atoms with E-state index in [1.54, 1.807) is 49.6 Å². The van der Waals surface area contributed by atoms with E-state index in [0.717, 1.165) is 236 Å². The van der Waals surface area contributed by atoms with E-state index in [2.05, 4.69) is 244 Å². The van der Waals surface area contributed by atoms with E-state index in [9.17, 15) is 0 Å². The molecule has 24 rings (SSSR count). The minimum atomic E-state index is 0.333. The molecule has 32 nitrogen and oxygen atoms in total. The number of aromatic nitrogens is 28. The van der Waals surface area contributed by atoms with Gasteiger partial charge in [-0.3, -0.25) is 80.2 Å². The van der Waals surface area contributed by atoms with Gasteiger partial charge in [0.1, 0.15) is 44.8 Å². The maximum atomic E-state index is 4.91. The van der Waals surface area contributed by atoms with E-state index in [-0.39, 0.29) is 0 Å². The number of hydrogen-bond acceptors (Lipinski definition) is 24. The molecule has 658 valence electrons. The van der Waals surface area contributed by atoms with Gasteiger partial charge in [0.05, 0.1) is 86.5 Å². The van der Waals surface area contributed by atoms with E-state index in [4.69, 9.17) is 19.9 Å². The van der Waals surface area contributed by atoms with Crippen LogP contribution < -0.4 is 15.5 Å². The quantitative estimate of drug-likeness (QED) is 0.0339. The number of aromatic amines is 8. The lowest BCUT2D eigenvalue weighted by molar-refractivity contribution is 0.402. The lowest BCUT2D eigenvalue weighted by atomic mass is 10.0. The highest BCUT2D eigenvalue weighted by Gasteiger charge is 2.24. The second-order valence-corrected chi connectivity index (χ2v) is 33.2. The van der Waals surface area contributed by atoms with Gasteiger partial charge in [-0.1, -0.05) is 55.5 Å². The monoisotopic (exact) mass is 1770 g/mol. The summed E-state index contributed by atoms with van der Waals surface area (Å²) >= 11 is 0. The van der Waals surface area contributed by atoms with Crippen molar-refractivity contribution in [2.75, 3.05) is 45.0 Å². The third-order valence-corrected chi connectivity index (χ3v) is 23.1. The molecule has 0 fully saturated rings. The van der Waals surface area contributed by atoms with E-state index >= 15 is 0 Å². The van der Waals surface area contributed by atoms with Gasteiger partial charge in [0.25, 0.3) is 0 Å². The van der Waals surface area contributed by atoms with E-state index in [1.165, 1.54) is 5.56 Å². The molecule has 0 radical (unpaired) electrons. The van der Waals surface area contributed by atoms with Crippen molar-refractivity contribution in [3.63, 3.8) is 0 Å². The Hall–Kier alpha value is -18.0. The normalized spacial score (nSPS) is 11.5. The van der Waals surface area contributed by atoms with Crippen LogP contribution in [0.25, 0.3) is 223 Å². The second kappa shape index (κ2) is 36.8. The largest absolute Gasteiger partial charge is 0.382 e. The first kappa shape index (κ1) is 83.8. The lowest BCUT2D eigenvalue weighted by Crippen LogP contribution is -2.11. The molecule has 0 bridgehead atoms. The molecule has 0 aliphatic heterocycles. The molecular weight excluding hydrogens is 1690 g/mol. The molecule has 0 aliphatic carbocycles. The Morgan fingerprint density at radius 1 is 0.296 bits per heavy atom. The number of anilines is 2. The Bertz CT molecular complexity index is 8130. The van der Waals surface area contributed by atoms with E-state index < -0.39 is 0 Å². The van der Waals surface area contributed by atoms with Gasteiger partial charge in [0, 0.05) is 239 Å². The van der Waals surface area contributed by atoms with Gasteiger partial charge in [0.15, 0.2) is 23.3 Å². The summed E-state index contributed by atoms with van der Waals surface area (Å²) in [7, 11) is 8.13. The number of nitrogens with zero attached hydrogens (tertiary/aromatic N) is 22. The number of rotatable bonds is 20. The average Bonchev–Trinajstić information content (AvgIpc) is 1.63. The predicted molar refractivity (Wildman–Crippen MR) is 530 cm³/mol. The van der Waals surface area contributed by atoms with Gasteiger partial charge in [-0.25, -0.2) is 19.9 Å². The summed E-state index contributed by atoms with van der Waals surface area (Å²) in [5, 5.41) is 41.5. The topological polar surface area (TPSA) is 415 Å². The molecule has 10 N–H and O–H groups in total. The Balaban J connectivity index is 0.000000108. The van der Waals surface area contributed by atoms with Crippen LogP contribution in [-0.2, 0) is 13.1 Å². The first-order valence-electron chi connectivity index (χ1n) is 43.8.